The van der Waals surface area contributed by atoms with Crippen molar-refractivity contribution in [2.45, 2.75) is 30.6 Å². The molecule has 4 rings (SSSR count). The summed E-state index contributed by atoms with van der Waals surface area (Å²) >= 11 is 0. The molecule has 0 radical (unpaired) electrons. The normalized spacial score (nSPS) is 16.5. The molecule has 0 aliphatic carbocycles. The second kappa shape index (κ2) is 7.50. The molecule has 8 nitrogen and oxygen atoms in total. The van der Waals surface area contributed by atoms with Crippen LogP contribution in [0.1, 0.15) is 17.0 Å². The molecule has 0 saturated heterocycles. The number of halogens is 3. The second-order valence-corrected chi connectivity index (χ2v) is 8.27. The predicted octanol–water partition coefficient (Wildman–Crippen LogP) is 1.72. The molecule has 1 N–H and O–H groups in total. The van der Waals surface area contributed by atoms with Crippen LogP contribution in [-0.4, -0.2) is 44.6 Å². The molecule has 29 heavy (non-hydrogen) atoms. The van der Waals surface area contributed by atoms with Gasteiger partial charge in [0.25, 0.3) is 0 Å². The number of sulfonamides is 1. The topological polar surface area (TPSA) is 91.7 Å². The van der Waals surface area contributed by atoms with Crippen molar-refractivity contribution in [1.29, 1.82) is 0 Å². The molecule has 0 amide bonds. The van der Waals surface area contributed by atoms with Crippen LogP contribution in [0, 0.1) is 0 Å². The summed E-state index contributed by atoms with van der Waals surface area (Å²) in [5.74, 6) is 0.787. The van der Waals surface area contributed by atoms with E-state index in [0.29, 0.717) is 37.0 Å². The zero-order valence-electron chi connectivity index (χ0n) is 15.2. The maximum atomic E-state index is 13.2. The van der Waals surface area contributed by atoms with Crippen molar-refractivity contribution >= 4 is 10.0 Å². The van der Waals surface area contributed by atoms with E-state index in [9.17, 15) is 21.6 Å². The Bertz CT molecular complexity index is 1020. The van der Waals surface area contributed by atoms with E-state index < -0.39 is 21.9 Å². The smallest absolute Gasteiger partial charge is 0.435 e. The Morgan fingerprint density at radius 1 is 1.14 bits per heavy atom. The number of benzene rings is 1. The van der Waals surface area contributed by atoms with Gasteiger partial charge < -0.3 is 14.2 Å². The van der Waals surface area contributed by atoms with Crippen molar-refractivity contribution in [2.24, 2.45) is 0 Å². The fraction of sp³-hybridized carbons (Fsp3) is 0.471. The highest BCUT2D eigenvalue weighted by Gasteiger charge is 2.39. The lowest BCUT2D eigenvalue weighted by Crippen LogP contribution is -2.29. The van der Waals surface area contributed by atoms with Gasteiger partial charge in [0.2, 0.25) is 10.0 Å². The molecule has 1 aromatic heterocycles. The third-order valence-corrected chi connectivity index (χ3v) is 6.06. The molecular weight excluding hydrogens is 415 g/mol. The van der Waals surface area contributed by atoms with E-state index in [0.717, 1.165) is 0 Å². The van der Waals surface area contributed by atoms with E-state index in [-0.39, 0.29) is 36.6 Å². The van der Waals surface area contributed by atoms with E-state index in [1.807, 2.05) is 0 Å². The van der Waals surface area contributed by atoms with Gasteiger partial charge in [0, 0.05) is 30.3 Å². The molecule has 1 aromatic carbocycles. The fourth-order valence-corrected chi connectivity index (χ4v) is 4.32. The lowest BCUT2D eigenvalue weighted by molar-refractivity contribution is -0.142. The third-order valence-electron chi connectivity index (χ3n) is 4.60. The van der Waals surface area contributed by atoms with E-state index in [2.05, 4.69) is 9.82 Å². The Morgan fingerprint density at radius 2 is 1.90 bits per heavy atom. The van der Waals surface area contributed by atoms with Gasteiger partial charge in [-0.3, -0.25) is 4.68 Å². The highest BCUT2D eigenvalue weighted by molar-refractivity contribution is 7.89. The first-order chi connectivity index (χ1) is 13.8. The molecule has 2 aromatic rings. The minimum Gasteiger partial charge on any atom is -0.486 e. The van der Waals surface area contributed by atoms with Gasteiger partial charge in [-0.25, -0.2) is 13.1 Å². The second-order valence-electron chi connectivity index (χ2n) is 6.50. The largest absolute Gasteiger partial charge is 0.486 e. The average molecular weight is 433 g/mol. The first-order valence-electron chi connectivity index (χ1n) is 8.88. The average Bonchev–Trinajstić information content (AvgIpc) is 3.07. The highest BCUT2D eigenvalue weighted by atomic mass is 32.2. The number of hydrogen-bond acceptors (Lipinski definition) is 6. The maximum absolute atomic E-state index is 13.2. The van der Waals surface area contributed by atoms with Crippen LogP contribution < -0.4 is 14.2 Å². The van der Waals surface area contributed by atoms with Crippen LogP contribution in [-0.2, 0) is 40.5 Å². The molecule has 2 aliphatic rings. The van der Waals surface area contributed by atoms with Crippen LogP contribution in [0.5, 0.6) is 11.5 Å². The summed E-state index contributed by atoms with van der Waals surface area (Å²) in [6.07, 6.45) is -4.31. The number of aromatic nitrogens is 2. The summed E-state index contributed by atoms with van der Waals surface area (Å²) < 4.78 is 84.1. The molecular formula is C17H18F3N3O5S. The summed E-state index contributed by atoms with van der Waals surface area (Å²) in [6.45, 7) is 0.674. The Balaban J connectivity index is 1.48. The zero-order chi connectivity index (χ0) is 20.6. The molecule has 0 fully saturated rings. The standard InChI is InChI=1S/C17H18F3N3O5S/c18-17(19,20)16-12-10-26-6-3-13(12)23(22-16)5-4-21-29(24,25)11-1-2-14-15(9-11)28-8-7-27-14/h1-2,9,21H,3-8,10H2. The lowest BCUT2D eigenvalue weighted by atomic mass is 10.1. The van der Waals surface area contributed by atoms with Crippen LogP contribution in [0.15, 0.2) is 23.1 Å². The Morgan fingerprint density at radius 3 is 2.66 bits per heavy atom. The van der Waals surface area contributed by atoms with Crippen LogP contribution in [0.3, 0.4) is 0 Å². The Kier molecular flexibility index (Phi) is 5.17. The van der Waals surface area contributed by atoms with Crippen molar-refractivity contribution in [3.05, 3.63) is 35.2 Å². The van der Waals surface area contributed by atoms with Crippen LogP contribution in [0.25, 0.3) is 0 Å². The van der Waals surface area contributed by atoms with Gasteiger partial charge in [0.1, 0.15) is 13.2 Å². The van der Waals surface area contributed by atoms with Crippen molar-refractivity contribution in [3.63, 3.8) is 0 Å². The molecule has 0 bridgehead atoms. The monoisotopic (exact) mass is 433 g/mol. The summed E-state index contributed by atoms with van der Waals surface area (Å²) in [7, 11) is -3.88. The molecule has 0 atom stereocenters. The molecule has 12 heteroatoms. The molecule has 158 valence electrons. The van der Waals surface area contributed by atoms with Gasteiger partial charge in [-0.2, -0.15) is 18.3 Å². The molecule has 2 aliphatic heterocycles. The molecule has 0 saturated carbocycles. The van der Waals surface area contributed by atoms with E-state index in [1.165, 1.54) is 22.9 Å². The van der Waals surface area contributed by atoms with Gasteiger partial charge in [0.05, 0.1) is 24.7 Å². The summed E-state index contributed by atoms with van der Waals surface area (Å²) in [5, 5.41) is 3.65. The van der Waals surface area contributed by atoms with Gasteiger partial charge in [-0.15, -0.1) is 0 Å². The Hall–Kier alpha value is -2.31. The number of nitrogens with one attached hydrogen (secondary N) is 1. The van der Waals surface area contributed by atoms with Crippen LogP contribution >= 0.6 is 0 Å². The highest BCUT2D eigenvalue weighted by Crippen LogP contribution is 2.35. The number of ether oxygens (including phenoxy) is 3. The summed E-state index contributed by atoms with van der Waals surface area (Å²) in [5.41, 5.74) is -0.553. The quantitative estimate of drug-likeness (QED) is 0.772. The number of hydrogen-bond donors (Lipinski definition) is 1. The number of fused-ring (bicyclic) bond motifs is 2. The number of nitrogens with zero attached hydrogens (tertiary/aromatic N) is 2. The van der Waals surface area contributed by atoms with Crippen molar-refractivity contribution in [2.75, 3.05) is 26.4 Å². The first-order valence-corrected chi connectivity index (χ1v) is 10.4. The van der Waals surface area contributed by atoms with Gasteiger partial charge in [-0.05, 0) is 12.1 Å². The van der Waals surface area contributed by atoms with Crippen LogP contribution in [0.4, 0.5) is 13.2 Å². The predicted molar refractivity (Wildman–Crippen MR) is 93.2 cm³/mol. The molecule has 3 heterocycles. The van der Waals surface area contributed by atoms with Gasteiger partial charge >= 0.3 is 6.18 Å². The maximum Gasteiger partial charge on any atom is 0.435 e. The lowest BCUT2D eigenvalue weighted by Gasteiger charge is -2.19. The van der Waals surface area contributed by atoms with E-state index in [1.54, 1.807) is 0 Å². The van der Waals surface area contributed by atoms with Crippen molar-refractivity contribution in [3.8, 4) is 11.5 Å². The van der Waals surface area contributed by atoms with Gasteiger partial charge in [-0.1, -0.05) is 0 Å². The first kappa shape index (κ1) is 20.0. The minimum atomic E-state index is -4.60. The zero-order valence-corrected chi connectivity index (χ0v) is 16.0. The van der Waals surface area contributed by atoms with Crippen LogP contribution in [0.2, 0.25) is 0 Å². The van der Waals surface area contributed by atoms with Crippen molar-refractivity contribution < 1.29 is 35.8 Å². The minimum absolute atomic E-state index is 0.0124. The summed E-state index contributed by atoms with van der Waals surface area (Å²) in [6, 6.07) is 4.24. The van der Waals surface area contributed by atoms with Gasteiger partial charge in [0.15, 0.2) is 17.2 Å². The fourth-order valence-electron chi connectivity index (χ4n) is 3.28. The third kappa shape index (κ3) is 4.05. The SMILES string of the molecule is O=S(=O)(NCCn1nc(C(F)(F)F)c2c1CCOC2)c1ccc2c(c1)OCCO2. The molecule has 0 unspecified atom stereocenters. The van der Waals surface area contributed by atoms with E-state index in [4.69, 9.17) is 14.2 Å². The summed E-state index contributed by atoms with van der Waals surface area (Å²) in [4.78, 5) is -0.0198. The molecule has 0 spiro atoms. The van der Waals surface area contributed by atoms with Crippen molar-refractivity contribution in [1.82, 2.24) is 14.5 Å². The Labute approximate surface area is 164 Å². The number of alkyl halides is 3. The van der Waals surface area contributed by atoms with E-state index >= 15 is 0 Å². The number of rotatable bonds is 5.